The van der Waals surface area contributed by atoms with Crippen molar-refractivity contribution in [2.24, 2.45) is 0 Å². The van der Waals surface area contributed by atoms with E-state index < -0.39 is 11.8 Å². The number of thiazole rings is 1. The number of hydrogen-bond donors (Lipinski definition) is 0. The van der Waals surface area contributed by atoms with E-state index in [2.05, 4.69) is 0 Å². The maximum Gasteiger partial charge on any atom is 0.333 e. The highest BCUT2D eigenvalue weighted by atomic mass is 35.5. The van der Waals surface area contributed by atoms with Crippen LogP contribution in [0.5, 0.6) is 0 Å². The molecule has 0 fully saturated rings. The summed E-state index contributed by atoms with van der Waals surface area (Å²) in [6.07, 6.45) is 2.93. The zero-order valence-electron chi connectivity index (χ0n) is 15.9. The Bertz CT molecular complexity index is 1300. The summed E-state index contributed by atoms with van der Waals surface area (Å²) in [5.41, 5.74) is 1.47. The van der Waals surface area contributed by atoms with Crippen molar-refractivity contribution in [1.82, 2.24) is 4.57 Å². The van der Waals surface area contributed by atoms with Crippen LogP contribution in [0.25, 0.3) is 12.2 Å². The van der Waals surface area contributed by atoms with Gasteiger partial charge in [-0.2, -0.15) is 5.26 Å². The summed E-state index contributed by atoms with van der Waals surface area (Å²) in [6, 6.07) is 12.7. The molecule has 0 radical (unpaired) electrons. The maximum atomic E-state index is 13.4. The normalized spacial score (nSPS) is 12.1. The van der Waals surface area contributed by atoms with Crippen LogP contribution in [-0.4, -0.2) is 17.1 Å². The Hall–Kier alpha value is -3.21. The van der Waals surface area contributed by atoms with Crippen LogP contribution in [0.4, 0.5) is 4.39 Å². The quantitative estimate of drug-likeness (QED) is 0.570. The van der Waals surface area contributed by atoms with Gasteiger partial charge in [0.05, 0.1) is 35.4 Å². The minimum absolute atomic E-state index is 0.0703. The molecule has 30 heavy (non-hydrogen) atoms. The molecule has 1 aromatic heterocycles. The summed E-state index contributed by atoms with van der Waals surface area (Å²) in [7, 11) is 0. The van der Waals surface area contributed by atoms with Crippen molar-refractivity contribution in [2.75, 3.05) is 6.61 Å². The molecule has 0 bridgehead atoms. The summed E-state index contributed by atoms with van der Waals surface area (Å²) in [5, 5.41) is 9.10. The standard InChI is InChI=1S/C22H16ClFN2O3S/c1-2-29-21(27)11-20-26(13-16-7-8-17(24)10-18(16)23)22(28)19(30-20)9-14-3-5-15(12-25)6-4-14/h3-11H,2,13H2,1H3/b19-9+,20-11+. The number of nitrogens with zero attached hydrogens (tertiary/aromatic N) is 2. The molecule has 8 heteroatoms. The molecule has 0 atom stereocenters. The maximum absolute atomic E-state index is 13.4. The Morgan fingerprint density at radius 1 is 1.30 bits per heavy atom. The monoisotopic (exact) mass is 442 g/mol. The lowest BCUT2D eigenvalue weighted by atomic mass is 10.1. The second-order valence-electron chi connectivity index (χ2n) is 6.21. The van der Waals surface area contributed by atoms with Gasteiger partial charge in [0.2, 0.25) is 0 Å². The fourth-order valence-corrected chi connectivity index (χ4v) is 3.96. The van der Waals surface area contributed by atoms with Gasteiger partial charge in [0.1, 0.15) is 10.5 Å². The van der Waals surface area contributed by atoms with E-state index in [1.807, 2.05) is 6.07 Å². The minimum atomic E-state index is -0.567. The molecule has 0 aliphatic rings. The number of rotatable bonds is 5. The number of aromatic nitrogens is 1. The Morgan fingerprint density at radius 3 is 2.67 bits per heavy atom. The van der Waals surface area contributed by atoms with Crippen LogP contribution < -0.4 is 14.8 Å². The van der Waals surface area contributed by atoms with Crippen molar-refractivity contribution < 1.29 is 13.9 Å². The largest absolute Gasteiger partial charge is 0.463 e. The van der Waals surface area contributed by atoms with E-state index in [0.717, 1.165) is 16.9 Å². The summed E-state index contributed by atoms with van der Waals surface area (Å²) in [5.74, 6) is -1.04. The van der Waals surface area contributed by atoms with Gasteiger partial charge in [-0.05, 0) is 48.4 Å². The number of nitriles is 1. The molecular weight excluding hydrogens is 427 g/mol. The van der Waals surface area contributed by atoms with Crippen LogP contribution in [-0.2, 0) is 16.1 Å². The van der Waals surface area contributed by atoms with E-state index >= 15 is 0 Å². The third-order valence-electron chi connectivity index (χ3n) is 4.15. The summed E-state index contributed by atoms with van der Waals surface area (Å²) >= 11 is 7.25. The molecule has 0 spiro atoms. The Kier molecular flexibility index (Phi) is 6.83. The van der Waals surface area contributed by atoms with Crippen molar-refractivity contribution in [1.29, 1.82) is 5.26 Å². The predicted molar refractivity (Wildman–Crippen MR) is 114 cm³/mol. The van der Waals surface area contributed by atoms with Crippen molar-refractivity contribution in [3.05, 3.63) is 89.5 Å². The van der Waals surface area contributed by atoms with Crippen LogP contribution in [0.1, 0.15) is 23.6 Å². The molecular formula is C22H16ClFN2O3S. The van der Waals surface area contributed by atoms with Gasteiger partial charge in [-0.25, -0.2) is 9.18 Å². The van der Waals surface area contributed by atoms with Gasteiger partial charge >= 0.3 is 5.97 Å². The highest BCUT2D eigenvalue weighted by molar-refractivity contribution is 7.07. The van der Waals surface area contributed by atoms with E-state index in [4.69, 9.17) is 21.6 Å². The number of halogens is 2. The zero-order valence-corrected chi connectivity index (χ0v) is 17.5. The lowest BCUT2D eigenvalue weighted by molar-refractivity contribution is -0.135. The first-order chi connectivity index (χ1) is 14.4. The van der Waals surface area contributed by atoms with Gasteiger partial charge in [-0.15, -0.1) is 11.3 Å². The van der Waals surface area contributed by atoms with E-state index in [9.17, 15) is 14.0 Å². The third-order valence-corrected chi connectivity index (χ3v) is 5.56. The SMILES string of the molecule is CCOC(=O)/C=c1/s/c(=C/c2ccc(C#N)cc2)c(=O)n1Cc1ccc(F)cc1Cl. The molecule has 0 amide bonds. The highest BCUT2D eigenvalue weighted by Crippen LogP contribution is 2.17. The molecule has 2 aromatic carbocycles. The number of benzene rings is 2. The third kappa shape index (κ3) is 5.03. The van der Waals surface area contributed by atoms with Crippen LogP contribution in [0, 0.1) is 17.1 Å². The number of hydrogen-bond acceptors (Lipinski definition) is 5. The smallest absolute Gasteiger partial charge is 0.333 e. The number of ether oxygens (including phenoxy) is 1. The average Bonchev–Trinajstić information content (AvgIpc) is 2.99. The topological polar surface area (TPSA) is 72.1 Å². The first kappa shape index (κ1) is 21.5. The van der Waals surface area contributed by atoms with E-state index in [1.54, 1.807) is 37.3 Å². The van der Waals surface area contributed by atoms with Crippen LogP contribution >= 0.6 is 22.9 Å². The molecule has 5 nitrogen and oxygen atoms in total. The van der Waals surface area contributed by atoms with Crippen molar-refractivity contribution in [3.8, 4) is 6.07 Å². The van der Waals surface area contributed by atoms with Crippen LogP contribution in [0.3, 0.4) is 0 Å². The summed E-state index contributed by atoms with van der Waals surface area (Å²) < 4.78 is 20.5. The van der Waals surface area contributed by atoms with Gasteiger partial charge in [-0.1, -0.05) is 29.8 Å². The first-order valence-electron chi connectivity index (χ1n) is 8.95. The molecule has 0 unspecified atom stereocenters. The van der Waals surface area contributed by atoms with Crippen molar-refractivity contribution >= 4 is 41.1 Å². The Balaban J connectivity index is 2.13. The molecule has 0 aliphatic heterocycles. The molecule has 152 valence electrons. The second kappa shape index (κ2) is 9.53. The van der Waals surface area contributed by atoms with Gasteiger partial charge < -0.3 is 4.74 Å². The van der Waals surface area contributed by atoms with Crippen LogP contribution in [0.15, 0.2) is 47.3 Å². The fourth-order valence-electron chi connectivity index (χ4n) is 2.70. The molecule has 3 rings (SSSR count). The lowest BCUT2D eigenvalue weighted by Gasteiger charge is -2.05. The van der Waals surface area contributed by atoms with Crippen molar-refractivity contribution in [2.45, 2.75) is 13.5 Å². The number of carbonyl (C=O) groups excluding carboxylic acids is 1. The van der Waals surface area contributed by atoms with Gasteiger partial charge in [0.15, 0.2) is 0 Å². The van der Waals surface area contributed by atoms with Crippen molar-refractivity contribution in [3.63, 3.8) is 0 Å². The molecule has 0 saturated carbocycles. The predicted octanol–water partition coefficient (Wildman–Crippen LogP) is 2.79. The van der Waals surface area contributed by atoms with Gasteiger partial charge in [0.25, 0.3) is 5.56 Å². The van der Waals surface area contributed by atoms with E-state index in [-0.39, 0.29) is 23.7 Å². The summed E-state index contributed by atoms with van der Waals surface area (Å²) in [4.78, 5) is 25.0. The van der Waals surface area contributed by atoms with Crippen LogP contribution in [0.2, 0.25) is 5.02 Å². The molecule has 0 saturated heterocycles. The van der Waals surface area contributed by atoms with Gasteiger partial charge in [0, 0.05) is 5.02 Å². The molecule has 0 N–H and O–H groups in total. The highest BCUT2D eigenvalue weighted by Gasteiger charge is 2.10. The number of carbonyl (C=O) groups is 1. The molecule has 0 aliphatic carbocycles. The Labute approximate surface area is 180 Å². The lowest BCUT2D eigenvalue weighted by Crippen LogP contribution is -2.32. The first-order valence-corrected chi connectivity index (χ1v) is 10.1. The fraction of sp³-hybridized carbons (Fsp3) is 0.136. The zero-order chi connectivity index (χ0) is 21.7. The van der Waals surface area contributed by atoms with Gasteiger partial charge in [-0.3, -0.25) is 9.36 Å². The molecule has 3 aromatic rings. The van der Waals surface area contributed by atoms with E-state index in [1.165, 1.54) is 28.8 Å². The second-order valence-corrected chi connectivity index (χ2v) is 7.68. The van der Waals surface area contributed by atoms with E-state index in [0.29, 0.717) is 20.3 Å². The Morgan fingerprint density at radius 2 is 2.03 bits per heavy atom. The molecule has 1 heterocycles. The summed E-state index contributed by atoms with van der Waals surface area (Å²) in [6.45, 7) is 1.97. The minimum Gasteiger partial charge on any atom is -0.463 e. The number of esters is 1. The average molecular weight is 443 g/mol.